The Labute approximate surface area is 182 Å². The topological polar surface area (TPSA) is 4.93 Å². The predicted octanol–water partition coefficient (Wildman–Crippen LogP) is 9.04. The molecular weight excluding hydrogens is 362 g/mol. The molecule has 1 aromatic heterocycles. The van der Waals surface area contributed by atoms with Crippen LogP contribution in [0.15, 0.2) is 79.4 Å². The summed E-state index contributed by atoms with van der Waals surface area (Å²) in [5.74, 6) is 0. The fourth-order valence-corrected chi connectivity index (χ4v) is 3.91. The normalized spacial score (nSPS) is 10.8. The van der Waals surface area contributed by atoms with Crippen LogP contribution in [0.2, 0.25) is 0 Å². The van der Waals surface area contributed by atoms with Crippen LogP contribution in [0.25, 0.3) is 32.9 Å². The molecule has 0 unspecified atom stereocenters. The Morgan fingerprint density at radius 3 is 2.07 bits per heavy atom. The van der Waals surface area contributed by atoms with E-state index in [4.69, 9.17) is 0 Å². The first-order valence-electron chi connectivity index (χ1n) is 11.0. The number of allylic oxidation sites excluding steroid dienone is 3. The highest BCUT2D eigenvalue weighted by Crippen LogP contribution is 2.34. The number of nitrogens with zero attached hydrogens (tertiary/aromatic N) is 1. The van der Waals surface area contributed by atoms with Crippen molar-refractivity contribution in [2.45, 2.75) is 48.5 Å². The van der Waals surface area contributed by atoms with Crippen molar-refractivity contribution in [2.24, 2.45) is 0 Å². The zero-order chi connectivity index (χ0) is 22.3. The number of rotatable bonds is 3. The van der Waals surface area contributed by atoms with Crippen molar-refractivity contribution in [3.63, 3.8) is 0 Å². The molecule has 0 radical (unpaired) electrons. The molecule has 0 N–H and O–H groups in total. The molecule has 0 aliphatic carbocycles. The molecule has 30 heavy (non-hydrogen) atoms. The van der Waals surface area contributed by atoms with Gasteiger partial charge in [-0.15, -0.1) is 0 Å². The molecular formula is C29H35N. The van der Waals surface area contributed by atoms with E-state index in [1.165, 1.54) is 44.2 Å². The summed E-state index contributed by atoms with van der Waals surface area (Å²) in [6, 6.07) is 21.8. The fourth-order valence-electron chi connectivity index (χ4n) is 3.91. The molecule has 0 saturated heterocycles. The number of hydrogen-bond donors (Lipinski definition) is 0. The minimum absolute atomic E-state index is 1.16. The van der Waals surface area contributed by atoms with E-state index >= 15 is 0 Å². The Kier molecular flexibility index (Phi) is 8.24. The van der Waals surface area contributed by atoms with E-state index in [0.717, 1.165) is 5.57 Å². The van der Waals surface area contributed by atoms with Gasteiger partial charge < -0.3 is 4.57 Å². The molecule has 156 valence electrons. The Morgan fingerprint density at radius 1 is 0.833 bits per heavy atom. The van der Waals surface area contributed by atoms with Crippen molar-refractivity contribution in [3.05, 3.63) is 96.2 Å². The Hall–Kier alpha value is -3.06. The summed E-state index contributed by atoms with van der Waals surface area (Å²) in [5.41, 5.74) is 7.45. The van der Waals surface area contributed by atoms with Crippen molar-refractivity contribution in [1.29, 1.82) is 0 Å². The molecule has 0 saturated carbocycles. The van der Waals surface area contributed by atoms with Crippen LogP contribution in [-0.2, 0) is 0 Å². The third kappa shape index (κ3) is 4.11. The minimum atomic E-state index is 1.16. The maximum Gasteiger partial charge on any atom is 0.0540 e. The predicted molar refractivity (Wildman–Crippen MR) is 137 cm³/mol. The van der Waals surface area contributed by atoms with Gasteiger partial charge in [0.15, 0.2) is 0 Å². The number of fused-ring (bicyclic) bond motifs is 3. The lowest BCUT2D eigenvalue weighted by Gasteiger charge is -2.10. The average Bonchev–Trinajstić information content (AvgIpc) is 3.08. The van der Waals surface area contributed by atoms with Gasteiger partial charge >= 0.3 is 0 Å². The molecule has 0 fully saturated rings. The molecule has 0 atom stereocenters. The maximum atomic E-state index is 3.90. The summed E-state index contributed by atoms with van der Waals surface area (Å²) in [5, 5.41) is 3.97. The lowest BCUT2D eigenvalue weighted by molar-refractivity contribution is 1.04. The Balaban J connectivity index is 0.000000757. The van der Waals surface area contributed by atoms with E-state index in [0.29, 0.717) is 0 Å². The van der Waals surface area contributed by atoms with Gasteiger partial charge in [0.05, 0.1) is 5.52 Å². The van der Waals surface area contributed by atoms with E-state index in [9.17, 15) is 0 Å². The van der Waals surface area contributed by atoms with Crippen molar-refractivity contribution >= 4 is 27.2 Å². The van der Waals surface area contributed by atoms with Gasteiger partial charge in [-0.2, -0.15) is 0 Å². The summed E-state index contributed by atoms with van der Waals surface area (Å²) in [4.78, 5) is 0. The summed E-state index contributed by atoms with van der Waals surface area (Å²) in [6.07, 6.45) is 4.00. The molecule has 1 heteroatoms. The summed E-state index contributed by atoms with van der Waals surface area (Å²) < 4.78 is 2.37. The van der Waals surface area contributed by atoms with Crippen LogP contribution in [-0.4, -0.2) is 4.57 Å². The highest BCUT2D eigenvalue weighted by atomic mass is 15.0. The number of aromatic nitrogens is 1. The molecule has 1 heterocycles. The van der Waals surface area contributed by atoms with Crippen LogP contribution in [0.5, 0.6) is 0 Å². The highest BCUT2D eigenvalue weighted by molar-refractivity contribution is 6.09. The highest BCUT2D eigenvalue weighted by Gasteiger charge is 2.14. The van der Waals surface area contributed by atoms with E-state index < -0.39 is 0 Å². The van der Waals surface area contributed by atoms with Gasteiger partial charge in [0, 0.05) is 16.8 Å². The van der Waals surface area contributed by atoms with Crippen LogP contribution in [0.3, 0.4) is 0 Å². The maximum absolute atomic E-state index is 3.90. The third-order valence-electron chi connectivity index (χ3n) is 5.39. The molecule has 1 nitrogen and oxygen atoms in total. The SMILES string of the molecule is C=C/C(=C\C)c1ccc(-n2c(C)c(C)c3c4ccccc4ccc32)cc1.CC.CC. The van der Waals surface area contributed by atoms with E-state index in [1.54, 1.807) is 0 Å². The average molecular weight is 398 g/mol. The van der Waals surface area contributed by atoms with Crippen LogP contribution >= 0.6 is 0 Å². The van der Waals surface area contributed by atoms with Gasteiger partial charge in [0.1, 0.15) is 0 Å². The quantitative estimate of drug-likeness (QED) is 0.304. The van der Waals surface area contributed by atoms with E-state index in [-0.39, 0.29) is 0 Å². The van der Waals surface area contributed by atoms with Gasteiger partial charge in [0.25, 0.3) is 0 Å². The van der Waals surface area contributed by atoms with E-state index in [2.05, 4.69) is 91.7 Å². The minimum Gasteiger partial charge on any atom is -0.314 e. The first-order chi connectivity index (χ1) is 14.7. The molecule has 0 amide bonds. The lowest BCUT2D eigenvalue weighted by Crippen LogP contribution is -1.97. The molecule has 0 spiro atoms. The molecule has 4 rings (SSSR count). The van der Waals surface area contributed by atoms with Gasteiger partial charge in [-0.3, -0.25) is 0 Å². The first-order valence-corrected chi connectivity index (χ1v) is 11.0. The summed E-state index contributed by atoms with van der Waals surface area (Å²) >= 11 is 0. The smallest absolute Gasteiger partial charge is 0.0540 e. The van der Waals surface area contributed by atoms with Crippen molar-refractivity contribution in [1.82, 2.24) is 4.57 Å². The molecule has 4 aromatic rings. The molecule has 0 bridgehead atoms. The number of aryl methyl sites for hydroxylation is 1. The molecule has 0 aliphatic heterocycles. The molecule has 3 aromatic carbocycles. The summed E-state index contributed by atoms with van der Waals surface area (Å²) in [7, 11) is 0. The second kappa shape index (κ2) is 10.6. The van der Waals surface area contributed by atoms with Crippen LogP contribution in [0, 0.1) is 13.8 Å². The fraction of sp³-hybridized carbons (Fsp3) is 0.241. The van der Waals surface area contributed by atoms with Crippen molar-refractivity contribution in [2.75, 3.05) is 0 Å². The van der Waals surface area contributed by atoms with Gasteiger partial charge in [0.2, 0.25) is 0 Å². The first kappa shape index (κ1) is 23.2. The van der Waals surface area contributed by atoms with Crippen molar-refractivity contribution in [3.8, 4) is 5.69 Å². The zero-order valence-corrected chi connectivity index (χ0v) is 19.6. The lowest BCUT2D eigenvalue weighted by atomic mass is 10.0. The number of hydrogen-bond acceptors (Lipinski definition) is 0. The Morgan fingerprint density at radius 2 is 1.47 bits per heavy atom. The summed E-state index contributed by atoms with van der Waals surface area (Å²) in [6.45, 7) is 18.4. The van der Waals surface area contributed by atoms with Gasteiger partial charge in [-0.05, 0) is 66.4 Å². The van der Waals surface area contributed by atoms with Crippen LogP contribution < -0.4 is 0 Å². The standard InChI is InChI=1S/C25H23N.2C2H6/c1-5-19(6-2)20-11-14-22(15-12-20)26-18(4)17(3)25-23-10-8-7-9-21(23)13-16-24(25)26;2*1-2/h5-16H,1H2,2-4H3;2*1-2H3/b19-6+;;. The Bertz CT molecular complexity index is 1150. The molecule has 0 aliphatic rings. The zero-order valence-electron chi connectivity index (χ0n) is 19.6. The second-order valence-electron chi connectivity index (χ2n) is 6.72. The van der Waals surface area contributed by atoms with Crippen molar-refractivity contribution < 1.29 is 0 Å². The second-order valence-corrected chi connectivity index (χ2v) is 6.72. The van der Waals surface area contributed by atoms with E-state index in [1.807, 2.05) is 40.7 Å². The van der Waals surface area contributed by atoms with Gasteiger partial charge in [-0.25, -0.2) is 0 Å². The van der Waals surface area contributed by atoms with Crippen LogP contribution in [0.4, 0.5) is 0 Å². The monoisotopic (exact) mass is 397 g/mol. The van der Waals surface area contributed by atoms with Gasteiger partial charge in [-0.1, -0.05) is 88.9 Å². The largest absolute Gasteiger partial charge is 0.314 e. The number of benzene rings is 3. The third-order valence-corrected chi connectivity index (χ3v) is 5.39. The van der Waals surface area contributed by atoms with Crippen LogP contribution in [0.1, 0.15) is 51.4 Å².